The van der Waals surface area contributed by atoms with Gasteiger partial charge in [0.05, 0.1) is 12.8 Å². The van der Waals surface area contributed by atoms with Crippen molar-refractivity contribution in [3.05, 3.63) is 18.3 Å². The second-order valence-electron chi connectivity index (χ2n) is 3.22. The fraction of sp³-hybridized carbons (Fsp3) is 0.375. The third kappa shape index (κ3) is 4.16. The van der Waals surface area contributed by atoms with E-state index in [1.807, 2.05) is 0 Å². The number of hydrogen-bond acceptors (Lipinski definition) is 5. The number of ether oxygens (including phenoxy) is 1. The number of nitrogens with two attached hydrogens (primary N) is 2. The van der Waals surface area contributed by atoms with Crippen molar-refractivity contribution in [3.63, 3.8) is 0 Å². The maximum atomic E-state index is 10.4. The Balaban J connectivity index is 2.44. The monoisotopic (exact) mass is 247 g/mol. The number of pyridine rings is 1. The van der Waals surface area contributed by atoms with Gasteiger partial charge in [-0.1, -0.05) is 0 Å². The minimum Gasteiger partial charge on any atom is -0.777 e. The summed E-state index contributed by atoms with van der Waals surface area (Å²) in [6.07, 6.45) is 1.00. The van der Waals surface area contributed by atoms with Crippen LogP contribution in [0.5, 0.6) is 0 Å². The minimum atomic E-state index is -4.35. The maximum Gasteiger partial charge on any atom is 0.295 e. The third-order valence-electron chi connectivity index (χ3n) is 1.88. The lowest BCUT2D eigenvalue weighted by Gasteiger charge is -2.15. The Kier molecular flexibility index (Phi) is 4.26. The molecule has 90 valence electrons. The van der Waals surface area contributed by atoms with Gasteiger partial charge in [-0.15, -0.1) is 0 Å². The van der Waals surface area contributed by atoms with Gasteiger partial charge < -0.3 is 24.8 Å². The van der Waals surface area contributed by atoms with Gasteiger partial charge >= 0.3 is 0 Å². The van der Waals surface area contributed by atoms with E-state index in [-0.39, 0.29) is 6.61 Å². The van der Waals surface area contributed by atoms with E-state index in [2.05, 4.69) is 0 Å². The van der Waals surface area contributed by atoms with Crippen molar-refractivity contribution < 1.29 is 23.7 Å². The SMILES string of the molecule is Nc1ccc[n+](CCOCP(=O)([O-])O)c1N. The van der Waals surface area contributed by atoms with Crippen molar-refractivity contribution in [2.45, 2.75) is 6.54 Å². The lowest BCUT2D eigenvalue weighted by molar-refractivity contribution is -0.683. The molecule has 1 aromatic heterocycles. The molecule has 0 aliphatic rings. The predicted octanol–water partition coefficient (Wildman–Crippen LogP) is -1.34. The van der Waals surface area contributed by atoms with Crippen LogP contribution < -0.4 is 20.9 Å². The normalized spacial score (nSPS) is 14.6. The predicted molar refractivity (Wildman–Crippen MR) is 56.1 cm³/mol. The quantitative estimate of drug-likeness (QED) is 0.336. The first kappa shape index (κ1) is 12.9. The molecule has 5 N–H and O–H groups in total. The number of nitrogen functional groups attached to an aromatic ring is 2. The summed E-state index contributed by atoms with van der Waals surface area (Å²) < 4.78 is 16.8. The van der Waals surface area contributed by atoms with Crippen LogP contribution in [0, 0.1) is 0 Å². The van der Waals surface area contributed by atoms with Crippen molar-refractivity contribution >= 4 is 19.1 Å². The standard InChI is InChI=1S/C8H14N3O4P/c9-7-2-1-3-11(8(7)10)4-5-15-6-16(12,13)14/h1-3,10H,4-6,9H2,(H2,12,13,14). The first-order valence-corrected chi connectivity index (χ1v) is 6.30. The van der Waals surface area contributed by atoms with Crippen molar-refractivity contribution in [1.29, 1.82) is 0 Å². The van der Waals surface area contributed by atoms with Gasteiger partial charge in [0.25, 0.3) is 5.82 Å². The Morgan fingerprint density at radius 1 is 1.56 bits per heavy atom. The van der Waals surface area contributed by atoms with Crippen LogP contribution in [0.3, 0.4) is 0 Å². The lowest BCUT2D eigenvalue weighted by atomic mass is 10.4. The highest BCUT2D eigenvalue weighted by Gasteiger charge is 2.08. The second kappa shape index (κ2) is 5.27. The number of rotatable bonds is 5. The summed E-state index contributed by atoms with van der Waals surface area (Å²) in [4.78, 5) is 18.8. The van der Waals surface area contributed by atoms with E-state index in [0.717, 1.165) is 0 Å². The van der Waals surface area contributed by atoms with Crippen LogP contribution in [-0.4, -0.2) is 17.8 Å². The third-order valence-corrected chi connectivity index (χ3v) is 2.39. The Bertz CT molecular complexity index is 406. The summed E-state index contributed by atoms with van der Waals surface area (Å²) in [6, 6.07) is 3.38. The molecule has 0 saturated carbocycles. The molecule has 7 nitrogen and oxygen atoms in total. The first-order chi connectivity index (χ1) is 7.40. The average molecular weight is 247 g/mol. The molecule has 0 bridgehead atoms. The van der Waals surface area contributed by atoms with E-state index in [1.54, 1.807) is 22.9 Å². The highest BCUT2D eigenvalue weighted by Crippen LogP contribution is 2.27. The van der Waals surface area contributed by atoms with Crippen LogP contribution in [-0.2, 0) is 15.8 Å². The molecular formula is C8H14N3O4P. The van der Waals surface area contributed by atoms with E-state index in [9.17, 15) is 9.46 Å². The number of hydrogen-bond donors (Lipinski definition) is 3. The van der Waals surface area contributed by atoms with Gasteiger partial charge in [-0.25, -0.2) is 4.57 Å². The molecule has 0 fully saturated rings. The molecule has 0 spiro atoms. The molecule has 0 aliphatic heterocycles. The molecule has 0 radical (unpaired) electrons. The van der Waals surface area contributed by atoms with E-state index < -0.39 is 13.9 Å². The average Bonchev–Trinajstić information content (AvgIpc) is 2.17. The molecule has 1 unspecified atom stereocenters. The molecule has 1 aromatic rings. The van der Waals surface area contributed by atoms with Gasteiger partial charge in [-0.05, 0) is 12.1 Å². The molecule has 0 amide bonds. The van der Waals surface area contributed by atoms with Crippen molar-refractivity contribution in [2.24, 2.45) is 0 Å². The number of aromatic nitrogens is 1. The molecule has 16 heavy (non-hydrogen) atoms. The van der Waals surface area contributed by atoms with Gasteiger partial charge in [-0.3, -0.25) is 5.73 Å². The van der Waals surface area contributed by atoms with Gasteiger partial charge in [0, 0.05) is 0 Å². The highest BCUT2D eigenvalue weighted by atomic mass is 31.2. The maximum absolute atomic E-state index is 10.4. The van der Waals surface area contributed by atoms with Gasteiger partial charge in [0.15, 0.2) is 7.60 Å². The van der Waals surface area contributed by atoms with Gasteiger partial charge in [-0.2, -0.15) is 0 Å². The van der Waals surface area contributed by atoms with E-state index in [4.69, 9.17) is 21.1 Å². The second-order valence-corrected chi connectivity index (χ2v) is 4.75. The molecule has 0 aliphatic carbocycles. The zero-order valence-electron chi connectivity index (χ0n) is 8.57. The fourth-order valence-electron chi connectivity index (χ4n) is 1.12. The lowest BCUT2D eigenvalue weighted by Crippen LogP contribution is -2.39. The minimum absolute atomic E-state index is 0.116. The first-order valence-electron chi connectivity index (χ1n) is 4.54. The Morgan fingerprint density at radius 2 is 2.25 bits per heavy atom. The summed E-state index contributed by atoms with van der Waals surface area (Å²) in [5.74, 6) is 0.389. The van der Waals surface area contributed by atoms with Crippen LogP contribution in [0.25, 0.3) is 0 Å². The van der Waals surface area contributed by atoms with E-state index >= 15 is 0 Å². The van der Waals surface area contributed by atoms with Gasteiger partial charge in [0.2, 0.25) is 0 Å². The largest absolute Gasteiger partial charge is 0.777 e. The van der Waals surface area contributed by atoms with Crippen LogP contribution in [0.15, 0.2) is 18.3 Å². The Labute approximate surface area is 92.8 Å². The Hall–Kier alpha value is -1.14. The van der Waals surface area contributed by atoms with Crippen LogP contribution in [0.1, 0.15) is 0 Å². The van der Waals surface area contributed by atoms with Crippen molar-refractivity contribution in [1.82, 2.24) is 0 Å². The summed E-state index contributed by atoms with van der Waals surface area (Å²) in [5, 5.41) is 0. The topological polar surface area (TPSA) is 126 Å². The van der Waals surface area contributed by atoms with E-state index in [0.29, 0.717) is 18.1 Å². The smallest absolute Gasteiger partial charge is 0.295 e. The van der Waals surface area contributed by atoms with Crippen LogP contribution in [0.2, 0.25) is 0 Å². The molecule has 1 atom stereocenters. The molecule has 0 aromatic carbocycles. The molecule has 1 rings (SSSR count). The zero-order valence-corrected chi connectivity index (χ0v) is 9.47. The van der Waals surface area contributed by atoms with Crippen LogP contribution >= 0.6 is 7.60 Å². The number of anilines is 2. The summed E-state index contributed by atoms with van der Waals surface area (Å²) >= 11 is 0. The highest BCUT2D eigenvalue weighted by molar-refractivity contribution is 7.50. The van der Waals surface area contributed by atoms with E-state index in [1.165, 1.54) is 0 Å². The molecule has 0 saturated heterocycles. The molecular weight excluding hydrogens is 233 g/mol. The Morgan fingerprint density at radius 3 is 2.88 bits per heavy atom. The fourth-order valence-corrected chi connectivity index (χ4v) is 1.48. The van der Waals surface area contributed by atoms with Crippen LogP contribution in [0.4, 0.5) is 11.5 Å². The summed E-state index contributed by atoms with van der Waals surface area (Å²) in [6.45, 7) is 0.474. The molecule has 1 heterocycles. The molecule has 8 heteroatoms. The van der Waals surface area contributed by atoms with Crippen molar-refractivity contribution in [2.75, 3.05) is 24.4 Å². The summed E-state index contributed by atoms with van der Waals surface area (Å²) in [5.41, 5.74) is 11.7. The van der Waals surface area contributed by atoms with Crippen molar-refractivity contribution in [3.8, 4) is 0 Å². The zero-order chi connectivity index (χ0) is 12.2. The summed E-state index contributed by atoms with van der Waals surface area (Å²) in [7, 11) is -4.35. The van der Waals surface area contributed by atoms with Gasteiger partial charge in [0.1, 0.15) is 18.6 Å². The number of nitrogens with zero attached hydrogens (tertiary/aromatic N) is 1.